The van der Waals surface area contributed by atoms with Gasteiger partial charge in [0.25, 0.3) is 5.92 Å². The van der Waals surface area contributed by atoms with E-state index < -0.39 is 22.0 Å². The van der Waals surface area contributed by atoms with Crippen molar-refractivity contribution < 1.29 is 13.3 Å². The van der Waals surface area contributed by atoms with Crippen molar-refractivity contribution in [1.29, 1.82) is 0 Å². The Kier molecular flexibility index (Phi) is 5.60. The van der Waals surface area contributed by atoms with Gasteiger partial charge in [0, 0.05) is 48.2 Å². The zero-order valence-corrected chi connectivity index (χ0v) is 19.3. The molecule has 0 bridgehead atoms. The van der Waals surface area contributed by atoms with Crippen LogP contribution in [0.15, 0.2) is 18.5 Å². The van der Waals surface area contributed by atoms with E-state index in [-0.39, 0.29) is 32.0 Å². The van der Waals surface area contributed by atoms with E-state index in [0.717, 1.165) is 16.5 Å². The minimum absolute atomic E-state index is 0.209. The summed E-state index contributed by atoms with van der Waals surface area (Å²) in [4.78, 5) is 6.77. The van der Waals surface area contributed by atoms with Crippen molar-refractivity contribution in [3.05, 3.63) is 29.6 Å². The normalized spacial score (nSPS) is 19.2. The average molecular weight is 451 g/mol. The Morgan fingerprint density at radius 2 is 1.90 bits per heavy atom. The van der Waals surface area contributed by atoms with Crippen LogP contribution in [-0.4, -0.2) is 47.9 Å². The minimum atomic E-state index is -2.64. The molecule has 1 aromatic carbocycles. The number of piperidine rings is 1. The first-order chi connectivity index (χ1) is 14.5. The number of aryl methyl sites for hydroxylation is 1. The molecule has 0 spiro atoms. The van der Waals surface area contributed by atoms with E-state index in [1.54, 1.807) is 10.7 Å². The van der Waals surface area contributed by atoms with Crippen LogP contribution in [0.1, 0.15) is 57.7 Å². The van der Waals surface area contributed by atoms with E-state index in [1.807, 2.05) is 51.7 Å². The van der Waals surface area contributed by atoms with Gasteiger partial charge in [0.05, 0.1) is 11.6 Å². The molecule has 0 unspecified atom stereocenters. The van der Waals surface area contributed by atoms with E-state index in [0.29, 0.717) is 17.1 Å². The predicted octanol–water partition coefficient (Wildman–Crippen LogP) is 3.93. The fourth-order valence-electron chi connectivity index (χ4n) is 3.81. The predicted molar refractivity (Wildman–Crippen MR) is 119 cm³/mol. The van der Waals surface area contributed by atoms with E-state index in [4.69, 9.17) is 4.98 Å². The summed E-state index contributed by atoms with van der Waals surface area (Å²) in [5.74, 6) is -2.09. The number of rotatable bonds is 4. The maximum atomic E-state index is 13.7. The van der Waals surface area contributed by atoms with Crippen molar-refractivity contribution in [3.63, 3.8) is 0 Å². The molecule has 3 aromatic rings. The first-order valence-electron chi connectivity index (χ1n) is 10.4. The molecule has 4 rings (SSSR count). The zero-order chi connectivity index (χ0) is 22.6. The summed E-state index contributed by atoms with van der Waals surface area (Å²) in [5.41, 5.74) is 3.26. The second-order valence-electron chi connectivity index (χ2n) is 9.25. The molecular formula is C21H28F2N6OS. The van der Waals surface area contributed by atoms with Gasteiger partial charge in [-0.3, -0.25) is 4.40 Å². The van der Waals surface area contributed by atoms with Crippen LogP contribution in [0.5, 0.6) is 0 Å². The Bertz CT molecular complexity index is 1100. The fourth-order valence-corrected chi connectivity index (χ4v) is 4.61. The molecule has 10 heteroatoms. The lowest BCUT2D eigenvalue weighted by molar-refractivity contribution is -0.0222. The molecule has 1 fully saturated rings. The molecule has 1 aliphatic heterocycles. The number of aromatic nitrogens is 4. The number of halogens is 2. The molecule has 1 saturated heterocycles. The van der Waals surface area contributed by atoms with Gasteiger partial charge in [0.2, 0.25) is 5.95 Å². The maximum absolute atomic E-state index is 13.7. The van der Waals surface area contributed by atoms with Crippen LogP contribution in [0.3, 0.4) is 0 Å². The number of nitrogens with one attached hydrogen (secondary N) is 1. The highest BCUT2D eigenvalue weighted by Gasteiger charge is 2.35. The lowest BCUT2D eigenvalue weighted by atomic mass is 10.0. The highest BCUT2D eigenvalue weighted by molar-refractivity contribution is 7.90. The largest absolute Gasteiger partial charge is 0.598 e. The van der Waals surface area contributed by atoms with Gasteiger partial charge in [-0.2, -0.15) is 0 Å². The smallest absolute Gasteiger partial charge is 0.251 e. The third-order valence-corrected chi connectivity index (χ3v) is 7.26. The van der Waals surface area contributed by atoms with Gasteiger partial charge in [-0.25, -0.2) is 13.8 Å². The minimum Gasteiger partial charge on any atom is -0.598 e. The van der Waals surface area contributed by atoms with Crippen molar-refractivity contribution in [2.45, 2.75) is 64.2 Å². The van der Waals surface area contributed by atoms with Crippen LogP contribution in [0.2, 0.25) is 0 Å². The SMILES string of the molecule is Cc1cc([C@@H](C)N[S@+]([O-])C(C)(C)C)c2nc(N3CCC(F)(F)CC3)n3cnnc3c2c1. The summed E-state index contributed by atoms with van der Waals surface area (Å²) in [7, 11) is 0. The maximum Gasteiger partial charge on any atom is 0.251 e. The van der Waals surface area contributed by atoms with E-state index in [9.17, 15) is 13.3 Å². The lowest BCUT2D eigenvalue weighted by Gasteiger charge is -2.33. The van der Waals surface area contributed by atoms with Crippen molar-refractivity contribution in [1.82, 2.24) is 24.3 Å². The molecule has 1 N–H and O–H groups in total. The monoisotopic (exact) mass is 450 g/mol. The van der Waals surface area contributed by atoms with Gasteiger partial charge in [0.15, 0.2) is 5.65 Å². The second-order valence-corrected chi connectivity index (χ2v) is 11.2. The van der Waals surface area contributed by atoms with Gasteiger partial charge in [-0.05, 0) is 46.2 Å². The van der Waals surface area contributed by atoms with Gasteiger partial charge in [-0.15, -0.1) is 14.9 Å². The standard InChI is InChI=1S/C21H28F2N6OS/c1-13-10-15(14(2)27-31(30)20(3,4)5)17-16(11-13)18-26-24-12-29(18)19(25-17)28-8-6-21(22,23)7-9-28/h10-12,14,27H,6-9H2,1-5H3/t14-,31-/m1/s1. The first kappa shape index (κ1) is 22.2. The van der Waals surface area contributed by atoms with Gasteiger partial charge in [0.1, 0.15) is 11.1 Å². The van der Waals surface area contributed by atoms with Gasteiger partial charge >= 0.3 is 0 Å². The number of anilines is 1. The molecule has 0 saturated carbocycles. The Hall–Kier alpha value is -2.04. The molecule has 168 valence electrons. The quantitative estimate of drug-likeness (QED) is 0.607. The average Bonchev–Trinajstić information content (AvgIpc) is 3.16. The van der Waals surface area contributed by atoms with Crippen molar-refractivity contribution in [2.24, 2.45) is 0 Å². The number of hydrogen-bond acceptors (Lipinski definition) is 6. The topological polar surface area (TPSA) is 81.4 Å². The van der Waals surface area contributed by atoms with Crippen molar-refractivity contribution >= 4 is 33.9 Å². The molecule has 0 radical (unpaired) electrons. The van der Waals surface area contributed by atoms with E-state index >= 15 is 0 Å². The molecule has 3 heterocycles. The van der Waals surface area contributed by atoms with Crippen molar-refractivity contribution in [2.75, 3.05) is 18.0 Å². The Morgan fingerprint density at radius 1 is 1.23 bits per heavy atom. The Morgan fingerprint density at radius 3 is 2.55 bits per heavy atom. The highest BCUT2D eigenvalue weighted by atomic mass is 32.2. The molecule has 31 heavy (non-hydrogen) atoms. The van der Waals surface area contributed by atoms with Gasteiger partial charge in [-0.1, -0.05) is 6.07 Å². The molecular weight excluding hydrogens is 422 g/mol. The van der Waals surface area contributed by atoms with Gasteiger partial charge < -0.3 is 9.45 Å². The molecule has 2 atom stereocenters. The van der Waals surface area contributed by atoms with E-state index in [1.165, 1.54) is 0 Å². The summed E-state index contributed by atoms with van der Waals surface area (Å²) in [6.45, 7) is 10.1. The van der Waals surface area contributed by atoms with Crippen LogP contribution in [0, 0.1) is 6.92 Å². The number of fused-ring (bicyclic) bond motifs is 3. The second kappa shape index (κ2) is 7.83. The fraction of sp³-hybridized carbons (Fsp3) is 0.571. The molecule has 7 nitrogen and oxygen atoms in total. The molecule has 0 aliphatic carbocycles. The third kappa shape index (κ3) is 4.33. The summed E-state index contributed by atoms with van der Waals surface area (Å²) in [5, 5.41) is 9.17. The summed E-state index contributed by atoms with van der Waals surface area (Å²) in [6, 6.07) is 3.78. The Balaban J connectivity index is 1.83. The summed E-state index contributed by atoms with van der Waals surface area (Å²) >= 11 is -1.26. The highest BCUT2D eigenvalue weighted by Crippen LogP contribution is 2.34. The van der Waals surface area contributed by atoms with Crippen LogP contribution in [-0.2, 0) is 11.4 Å². The number of benzene rings is 1. The summed E-state index contributed by atoms with van der Waals surface area (Å²) in [6.07, 6.45) is 1.15. The third-order valence-electron chi connectivity index (χ3n) is 5.58. The molecule has 0 amide bonds. The number of alkyl halides is 2. The first-order valence-corrected chi connectivity index (χ1v) is 11.6. The van der Waals surface area contributed by atoms with Crippen LogP contribution < -0.4 is 9.62 Å². The number of hydrogen-bond donors (Lipinski definition) is 1. The lowest BCUT2D eigenvalue weighted by Crippen LogP contribution is -2.41. The van der Waals surface area contributed by atoms with Crippen LogP contribution in [0.25, 0.3) is 16.6 Å². The van der Waals surface area contributed by atoms with Crippen molar-refractivity contribution in [3.8, 4) is 0 Å². The zero-order valence-electron chi connectivity index (χ0n) is 18.4. The Labute approximate surface area is 183 Å². The van der Waals surface area contributed by atoms with Crippen LogP contribution >= 0.6 is 0 Å². The molecule has 2 aromatic heterocycles. The van der Waals surface area contributed by atoms with E-state index in [2.05, 4.69) is 14.9 Å². The number of nitrogens with zero attached hydrogens (tertiary/aromatic N) is 5. The molecule has 1 aliphatic rings. The van der Waals surface area contributed by atoms with Crippen LogP contribution in [0.4, 0.5) is 14.7 Å². The summed E-state index contributed by atoms with van der Waals surface area (Å²) < 4.78 is 44.7.